The average Bonchev–Trinajstić information content (AvgIpc) is 2.43. The molecule has 0 spiro atoms. The number of likely N-dealkylation sites (tertiary alicyclic amines) is 1. The monoisotopic (exact) mass is 358 g/mol. The summed E-state index contributed by atoms with van der Waals surface area (Å²) in [6, 6.07) is 0.296. The number of ether oxygens (including phenoxy) is 1. The molecule has 1 heterocycles. The molecule has 2 rings (SSSR count). The lowest BCUT2D eigenvalue weighted by molar-refractivity contribution is -0.0830. The lowest BCUT2D eigenvalue weighted by Gasteiger charge is -2.55. The standard InChI is InChI=1S/C19H35ClN2O2/c1-14(20)13-22-18(2,3)11-16(12-19(22,4)5)24-17(23)21-15-9-7-6-8-10-15/h14-16H,6-13H2,1-5H3,(H,21,23). The number of rotatable bonds is 4. The van der Waals surface area contributed by atoms with Crippen LogP contribution in [0.5, 0.6) is 0 Å². The van der Waals surface area contributed by atoms with Gasteiger partial charge in [0.05, 0.1) is 0 Å². The summed E-state index contributed by atoms with van der Waals surface area (Å²) in [5, 5.41) is 3.18. The number of carbonyl (C=O) groups is 1. The summed E-state index contributed by atoms with van der Waals surface area (Å²) in [5.74, 6) is 0. The first-order chi connectivity index (χ1) is 11.1. The zero-order valence-electron chi connectivity index (χ0n) is 16.0. The Kier molecular flexibility index (Phi) is 6.46. The van der Waals surface area contributed by atoms with Gasteiger partial charge in [-0.25, -0.2) is 4.79 Å². The molecule has 2 aliphatic rings. The van der Waals surface area contributed by atoms with Gasteiger partial charge in [0.1, 0.15) is 6.10 Å². The zero-order valence-corrected chi connectivity index (χ0v) is 16.8. The molecule has 1 saturated carbocycles. The Morgan fingerprint density at radius 2 is 1.71 bits per heavy atom. The van der Waals surface area contributed by atoms with Gasteiger partial charge in [-0.15, -0.1) is 11.6 Å². The van der Waals surface area contributed by atoms with Crippen molar-refractivity contribution in [1.82, 2.24) is 10.2 Å². The van der Waals surface area contributed by atoms with Crippen molar-refractivity contribution >= 4 is 17.7 Å². The molecule has 0 radical (unpaired) electrons. The molecule has 140 valence electrons. The third-order valence-electron chi connectivity index (χ3n) is 5.55. The van der Waals surface area contributed by atoms with Crippen molar-refractivity contribution in [3.8, 4) is 0 Å². The van der Waals surface area contributed by atoms with E-state index in [9.17, 15) is 4.79 Å². The van der Waals surface area contributed by atoms with Crippen molar-refractivity contribution in [3.05, 3.63) is 0 Å². The number of amides is 1. The predicted octanol–water partition coefficient (Wildman–Crippen LogP) is 4.69. The van der Waals surface area contributed by atoms with Crippen molar-refractivity contribution in [2.75, 3.05) is 6.54 Å². The summed E-state index contributed by atoms with van der Waals surface area (Å²) in [7, 11) is 0. The number of piperidine rings is 1. The summed E-state index contributed by atoms with van der Waals surface area (Å²) >= 11 is 6.26. The van der Waals surface area contributed by atoms with Crippen LogP contribution in [-0.2, 0) is 4.74 Å². The van der Waals surface area contributed by atoms with Gasteiger partial charge in [-0.2, -0.15) is 0 Å². The van der Waals surface area contributed by atoms with Gasteiger partial charge >= 0.3 is 6.09 Å². The van der Waals surface area contributed by atoms with E-state index in [1.165, 1.54) is 19.3 Å². The Morgan fingerprint density at radius 3 is 2.21 bits per heavy atom. The molecule has 0 aromatic carbocycles. The van der Waals surface area contributed by atoms with E-state index in [4.69, 9.17) is 16.3 Å². The second-order valence-corrected chi connectivity index (χ2v) is 9.68. The smallest absolute Gasteiger partial charge is 0.407 e. The molecule has 1 N–H and O–H groups in total. The fraction of sp³-hybridized carbons (Fsp3) is 0.947. The van der Waals surface area contributed by atoms with E-state index in [1.807, 2.05) is 6.92 Å². The largest absolute Gasteiger partial charge is 0.446 e. The molecular formula is C19H35ClN2O2. The maximum atomic E-state index is 12.3. The fourth-order valence-electron chi connectivity index (χ4n) is 4.65. The highest BCUT2D eigenvalue weighted by Crippen LogP contribution is 2.40. The lowest BCUT2D eigenvalue weighted by Crippen LogP contribution is -2.63. The van der Waals surface area contributed by atoms with Crippen molar-refractivity contribution in [2.45, 2.75) is 108 Å². The molecule has 1 saturated heterocycles. The van der Waals surface area contributed by atoms with Crippen molar-refractivity contribution < 1.29 is 9.53 Å². The van der Waals surface area contributed by atoms with Crippen LogP contribution in [0.4, 0.5) is 4.79 Å². The second kappa shape index (κ2) is 7.82. The average molecular weight is 359 g/mol. The van der Waals surface area contributed by atoms with Crippen LogP contribution in [-0.4, -0.2) is 46.1 Å². The maximum absolute atomic E-state index is 12.3. The Labute approximate surface area is 152 Å². The van der Waals surface area contributed by atoms with E-state index in [0.717, 1.165) is 32.2 Å². The van der Waals surface area contributed by atoms with E-state index in [1.54, 1.807) is 0 Å². The Bertz CT molecular complexity index is 413. The van der Waals surface area contributed by atoms with Gasteiger partial charge in [0.2, 0.25) is 0 Å². The maximum Gasteiger partial charge on any atom is 0.407 e. The third kappa shape index (κ3) is 5.26. The van der Waals surface area contributed by atoms with E-state index in [0.29, 0.717) is 6.04 Å². The number of halogens is 1. The van der Waals surface area contributed by atoms with Crippen LogP contribution >= 0.6 is 11.6 Å². The van der Waals surface area contributed by atoms with Crippen LogP contribution in [0.3, 0.4) is 0 Å². The first kappa shape index (κ1) is 19.8. The number of nitrogens with zero attached hydrogens (tertiary/aromatic N) is 1. The highest BCUT2D eigenvalue weighted by Gasteiger charge is 2.46. The lowest BCUT2D eigenvalue weighted by atomic mass is 9.78. The van der Waals surface area contributed by atoms with E-state index < -0.39 is 0 Å². The molecule has 5 heteroatoms. The molecule has 1 unspecified atom stereocenters. The van der Waals surface area contributed by atoms with Gasteiger partial charge in [0.25, 0.3) is 0 Å². The topological polar surface area (TPSA) is 41.6 Å². The number of alkyl halides is 1. The van der Waals surface area contributed by atoms with Crippen LogP contribution in [0.15, 0.2) is 0 Å². The summed E-state index contributed by atoms with van der Waals surface area (Å²) in [5.41, 5.74) is -0.0820. The van der Waals surface area contributed by atoms with Crippen molar-refractivity contribution in [1.29, 1.82) is 0 Å². The number of nitrogens with one attached hydrogen (secondary N) is 1. The minimum Gasteiger partial charge on any atom is -0.446 e. The van der Waals surface area contributed by atoms with Crippen LogP contribution in [0, 0.1) is 0 Å². The zero-order chi connectivity index (χ0) is 18.0. The molecule has 1 aliphatic heterocycles. The van der Waals surface area contributed by atoms with Gasteiger partial charge in [-0.3, -0.25) is 4.90 Å². The summed E-state index contributed by atoms with van der Waals surface area (Å²) in [6.45, 7) is 11.8. The SMILES string of the molecule is CC(Cl)CN1C(C)(C)CC(OC(=O)NC2CCCCC2)CC1(C)C. The normalized spacial score (nSPS) is 26.8. The van der Waals surface area contributed by atoms with Crippen LogP contribution in [0.2, 0.25) is 0 Å². The first-order valence-corrected chi connectivity index (χ1v) is 9.93. The third-order valence-corrected chi connectivity index (χ3v) is 5.69. The van der Waals surface area contributed by atoms with E-state index in [2.05, 4.69) is 37.9 Å². The second-order valence-electron chi connectivity index (χ2n) is 8.93. The minimum atomic E-state index is -0.238. The molecule has 24 heavy (non-hydrogen) atoms. The molecular weight excluding hydrogens is 324 g/mol. The Hall–Kier alpha value is -0.480. The van der Waals surface area contributed by atoms with E-state index in [-0.39, 0.29) is 28.7 Å². The summed E-state index contributed by atoms with van der Waals surface area (Å²) in [4.78, 5) is 14.8. The molecule has 1 amide bonds. The quantitative estimate of drug-likeness (QED) is 0.741. The predicted molar refractivity (Wildman–Crippen MR) is 99.7 cm³/mol. The fourth-order valence-corrected chi connectivity index (χ4v) is 4.79. The first-order valence-electron chi connectivity index (χ1n) is 9.49. The number of hydrogen-bond donors (Lipinski definition) is 1. The molecule has 0 bridgehead atoms. The van der Waals surface area contributed by atoms with Gasteiger partial charge in [0, 0.05) is 41.9 Å². The van der Waals surface area contributed by atoms with Crippen LogP contribution < -0.4 is 5.32 Å². The highest BCUT2D eigenvalue weighted by molar-refractivity contribution is 6.20. The molecule has 0 aromatic rings. The van der Waals surface area contributed by atoms with Gasteiger partial charge in [0.15, 0.2) is 0 Å². The highest BCUT2D eigenvalue weighted by atomic mass is 35.5. The number of carbonyl (C=O) groups excluding carboxylic acids is 1. The Balaban J connectivity index is 1.94. The summed E-state index contributed by atoms with van der Waals surface area (Å²) in [6.07, 6.45) is 7.28. The van der Waals surface area contributed by atoms with E-state index >= 15 is 0 Å². The molecule has 4 nitrogen and oxygen atoms in total. The van der Waals surface area contributed by atoms with Crippen molar-refractivity contribution in [3.63, 3.8) is 0 Å². The molecule has 1 atom stereocenters. The van der Waals surface area contributed by atoms with Crippen molar-refractivity contribution in [2.24, 2.45) is 0 Å². The van der Waals surface area contributed by atoms with Gasteiger partial charge in [-0.1, -0.05) is 19.3 Å². The Morgan fingerprint density at radius 1 is 1.17 bits per heavy atom. The van der Waals surface area contributed by atoms with Crippen LogP contribution in [0.25, 0.3) is 0 Å². The van der Waals surface area contributed by atoms with Crippen LogP contribution in [0.1, 0.15) is 79.6 Å². The van der Waals surface area contributed by atoms with Gasteiger partial charge < -0.3 is 10.1 Å². The van der Waals surface area contributed by atoms with Gasteiger partial charge in [-0.05, 0) is 47.5 Å². The molecule has 1 aliphatic carbocycles. The minimum absolute atomic E-state index is 0.0410. The number of hydrogen-bond acceptors (Lipinski definition) is 3. The number of alkyl carbamates (subject to hydrolysis) is 1. The molecule has 0 aromatic heterocycles. The summed E-state index contributed by atoms with van der Waals surface area (Å²) < 4.78 is 5.81. The molecule has 2 fully saturated rings.